The van der Waals surface area contributed by atoms with E-state index < -0.39 is 0 Å². The largest absolute Gasteiger partial charge is 0.359 e. The maximum Gasteiger partial charge on any atom is 0.157 e. The van der Waals surface area contributed by atoms with Crippen LogP contribution in [0.2, 0.25) is 0 Å². The first-order valence-corrected chi connectivity index (χ1v) is 6.76. The van der Waals surface area contributed by atoms with Crippen molar-refractivity contribution in [2.45, 2.75) is 32.6 Å². The highest BCUT2D eigenvalue weighted by atomic mass is 32.2. The lowest BCUT2D eigenvalue weighted by atomic mass is 10.1. The van der Waals surface area contributed by atoms with Gasteiger partial charge < -0.3 is 5.32 Å². The average Bonchev–Trinajstić information content (AvgIpc) is 2.75. The molecule has 1 aliphatic heterocycles. The van der Waals surface area contributed by atoms with E-state index in [2.05, 4.69) is 34.1 Å². The van der Waals surface area contributed by atoms with Gasteiger partial charge in [-0.15, -0.1) is 0 Å². The molecule has 0 saturated heterocycles. The van der Waals surface area contributed by atoms with Gasteiger partial charge in [0.15, 0.2) is 5.17 Å². The van der Waals surface area contributed by atoms with Crippen LogP contribution < -0.4 is 5.32 Å². The second-order valence-electron chi connectivity index (χ2n) is 4.49. The standard InChI is InChI=1S/C12H18N4S/c1-8(2)11-7-15-12(17-11)14-6-10-4-5-13-9(3)16-10/h4-5,8,11H,6-7H2,1-3H3,(H,14,15). The fraction of sp³-hybridized carbons (Fsp3) is 0.583. The van der Waals surface area contributed by atoms with Gasteiger partial charge in [0, 0.05) is 11.4 Å². The van der Waals surface area contributed by atoms with Gasteiger partial charge in [-0.2, -0.15) is 0 Å². The van der Waals surface area contributed by atoms with Crippen LogP contribution in [0, 0.1) is 12.8 Å². The Morgan fingerprint density at radius 1 is 1.53 bits per heavy atom. The number of hydrogen-bond donors (Lipinski definition) is 1. The van der Waals surface area contributed by atoms with Crippen molar-refractivity contribution in [2.24, 2.45) is 10.9 Å². The Bertz CT molecular complexity index is 417. The quantitative estimate of drug-likeness (QED) is 0.891. The topological polar surface area (TPSA) is 50.2 Å². The number of aromatic nitrogens is 2. The third-order valence-electron chi connectivity index (χ3n) is 2.68. The smallest absolute Gasteiger partial charge is 0.157 e. The summed E-state index contributed by atoms with van der Waals surface area (Å²) in [5, 5.41) is 4.99. The lowest BCUT2D eigenvalue weighted by Gasteiger charge is -2.12. The van der Waals surface area contributed by atoms with Crippen LogP contribution >= 0.6 is 11.8 Å². The van der Waals surface area contributed by atoms with Crippen molar-refractivity contribution in [2.75, 3.05) is 6.54 Å². The lowest BCUT2D eigenvalue weighted by molar-refractivity contribution is 0.621. The second-order valence-corrected chi connectivity index (χ2v) is 5.72. The van der Waals surface area contributed by atoms with Gasteiger partial charge >= 0.3 is 0 Å². The zero-order valence-electron chi connectivity index (χ0n) is 10.5. The molecule has 1 unspecified atom stereocenters. The lowest BCUT2D eigenvalue weighted by Crippen LogP contribution is -2.20. The molecule has 17 heavy (non-hydrogen) atoms. The SMILES string of the molecule is Cc1nccc(CNC2=NCC(C(C)C)S2)n1. The van der Waals surface area contributed by atoms with E-state index in [4.69, 9.17) is 0 Å². The van der Waals surface area contributed by atoms with Crippen LogP contribution in [0.4, 0.5) is 0 Å². The number of thioether (sulfide) groups is 1. The minimum atomic E-state index is 0.615. The molecule has 0 spiro atoms. The molecular formula is C12H18N4S. The molecule has 0 saturated carbocycles. The first-order valence-electron chi connectivity index (χ1n) is 5.88. The molecule has 1 aromatic heterocycles. The van der Waals surface area contributed by atoms with Crippen molar-refractivity contribution in [3.05, 3.63) is 23.8 Å². The Balaban J connectivity index is 1.84. The Labute approximate surface area is 106 Å². The normalized spacial score (nSPS) is 19.5. The van der Waals surface area contributed by atoms with Crippen molar-refractivity contribution >= 4 is 16.9 Å². The summed E-state index contributed by atoms with van der Waals surface area (Å²) in [6.45, 7) is 8.03. The molecule has 2 heterocycles. The number of nitrogens with zero attached hydrogens (tertiary/aromatic N) is 3. The second kappa shape index (κ2) is 5.49. The molecule has 2 rings (SSSR count). The molecule has 0 fully saturated rings. The number of hydrogen-bond acceptors (Lipinski definition) is 5. The Morgan fingerprint density at radius 2 is 2.35 bits per heavy atom. The van der Waals surface area contributed by atoms with E-state index in [0.717, 1.165) is 29.8 Å². The minimum absolute atomic E-state index is 0.615. The molecule has 0 aromatic carbocycles. The molecule has 0 amide bonds. The predicted octanol–water partition coefficient (Wildman–Crippen LogP) is 2.00. The van der Waals surface area contributed by atoms with Crippen molar-refractivity contribution in [1.29, 1.82) is 0 Å². The number of aryl methyl sites for hydroxylation is 1. The van der Waals surface area contributed by atoms with Gasteiger partial charge in [-0.25, -0.2) is 9.97 Å². The molecule has 4 nitrogen and oxygen atoms in total. The maximum absolute atomic E-state index is 4.50. The molecule has 1 N–H and O–H groups in total. The minimum Gasteiger partial charge on any atom is -0.359 e. The molecule has 1 aromatic rings. The third-order valence-corrected chi connectivity index (χ3v) is 4.17. The number of nitrogens with one attached hydrogen (secondary N) is 1. The zero-order chi connectivity index (χ0) is 12.3. The monoisotopic (exact) mass is 250 g/mol. The van der Waals surface area contributed by atoms with Crippen LogP contribution in [0.3, 0.4) is 0 Å². The molecule has 92 valence electrons. The van der Waals surface area contributed by atoms with E-state index in [-0.39, 0.29) is 0 Å². The van der Waals surface area contributed by atoms with Crippen molar-refractivity contribution in [3.8, 4) is 0 Å². The van der Waals surface area contributed by atoms with Crippen LogP contribution in [-0.4, -0.2) is 26.9 Å². The first kappa shape index (κ1) is 12.4. The van der Waals surface area contributed by atoms with Crippen LogP contribution in [0.15, 0.2) is 17.3 Å². The van der Waals surface area contributed by atoms with Crippen LogP contribution in [-0.2, 0) is 6.54 Å². The van der Waals surface area contributed by atoms with Gasteiger partial charge in [0.25, 0.3) is 0 Å². The summed E-state index contributed by atoms with van der Waals surface area (Å²) in [5.41, 5.74) is 1.01. The zero-order valence-corrected chi connectivity index (χ0v) is 11.3. The summed E-state index contributed by atoms with van der Waals surface area (Å²) in [5.74, 6) is 1.48. The molecule has 0 aliphatic carbocycles. The van der Waals surface area contributed by atoms with E-state index in [1.165, 1.54) is 0 Å². The number of aliphatic imine (C=N–C) groups is 1. The van der Waals surface area contributed by atoms with Gasteiger partial charge in [-0.05, 0) is 18.9 Å². The summed E-state index contributed by atoms with van der Waals surface area (Å²) < 4.78 is 0. The van der Waals surface area contributed by atoms with Crippen LogP contribution in [0.25, 0.3) is 0 Å². The fourth-order valence-electron chi connectivity index (χ4n) is 1.61. The summed E-state index contributed by atoms with van der Waals surface area (Å²) in [4.78, 5) is 12.9. The van der Waals surface area contributed by atoms with Gasteiger partial charge in [0.2, 0.25) is 0 Å². The molecule has 0 radical (unpaired) electrons. The molecular weight excluding hydrogens is 232 g/mol. The highest BCUT2D eigenvalue weighted by molar-refractivity contribution is 8.14. The van der Waals surface area contributed by atoms with E-state index in [0.29, 0.717) is 11.2 Å². The Morgan fingerprint density at radius 3 is 3.00 bits per heavy atom. The molecule has 1 atom stereocenters. The predicted molar refractivity (Wildman–Crippen MR) is 72.1 cm³/mol. The maximum atomic E-state index is 4.50. The van der Waals surface area contributed by atoms with Crippen molar-refractivity contribution < 1.29 is 0 Å². The van der Waals surface area contributed by atoms with Gasteiger partial charge in [0.05, 0.1) is 18.8 Å². The average molecular weight is 250 g/mol. The number of rotatable bonds is 3. The summed E-state index contributed by atoms with van der Waals surface area (Å²) in [6, 6.07) is 1.93. The molecule has 1 aliphatic rings. The fourth-order valence-corrected chi connectivity index (χ4v) is 2.62. The van der Waals surface area contributed by atoms with Crippen LogP contribution in [0.5, 0.6) is 0 Å². The highest BCUT2D eigenvalue weighted by Crippen LogP contribution is 2.25. The first-order chi connectivity index (χ1) is 8.15. The highest BCUT2D eigenvalue weighted by Gasteiger charge is 2.22. The van der Waals surface area contributed by atoms with E-state index in [1.807, 2.05) is 24.8 Å². The van der Waals surface area contributed by atoms with Gasteiger partial charge in [-0.3, -0.25) is 4.99 Å². The van der Waals surface area contributed by atoms with Crippen molar-refractivity contribution in [1.82, 2.24) is 15.3 Å². The molecule has 0 bridgehead atoms. The van der Waals surface area contributed by atoms with E-state index in [9.17, 15) is 0 Å². The summed E-state index contributed by atoms with van der Waals surface area (Å²) in [7, 11) is 0. The van der Waals surface area contributed by atoms with Gasteiger partial charge in [-0.1, -0.05) is 25.6 Å². The molecule has 5 heteroatoms. The van der Waals surface area contributed by atoms with E-state index >= 15 is 0 Å². The number of amidine groups is 1. The van der Waals surface area contributed by atoms with E-state index in [1.54, 1.807) is 6.20 Å². The van der Waals surface area contributed by atoms with Crippen LogP contribution in [0.1, 0.15) is 25.4 Å². The van der Waals surface area contributed by atoms with Gasteiger partial charge in [0.1, 0.15) is 5.82 Å². The summed E-state index contributed by atoms with van der Waals surface area (Å²) in [6.07, 6.45) is 1.79. The third kappa shape index (κ3) is 3.43. The Kier molecular flexibility index (Phi) is 3.99. The Hall–Kier alpha value is -1.10. The summed E-state index contributed by atoms with van der Waals surface area (Å²) >= 11 is 1.84. The van der Waals surface area contributed by atoms with Crippen molar-refractivity contribution in [3.63, 3.8) is 0 Å².